The standard InChI is InChI=1S/C17H18N6O/c18-16(24)14-15(21-23-9-1-6-20-17(14)23)12-2-4-13(5-3-12)22-10-7-19-8-11-22/h1-6,9,19H,7-8,10-11H2,(H2,18,24). The first-order valence-electron chi connectivity index (χ1n) is 7.93. The molecule has 2 aromatic heterocycles. The Balaban J connectivity index is 1.74. The summed E-state index contributed by atoms with van der Waals surface area (Å²) in [6, 6.07) is 9.84. The van der Waals surface area contributed by atoms with Gasteiger partial charge in [-0.1, -0.05) is 12.1 Å². The highest BCUT2D eigenvalue weighted by atomic mass is 16.1. The molecule has 24 heavy (non-hydrogen) atoms. The number of anilines is 1. The van der Waals surface area contributed by atoms with Gasteiger partial charge in [0.25, 0.3) is 5.91 Å². The second-order valence-corrected chi connectivity index (χ2v) is 5.76. The van der Waals surface area contributed by atoms with Gasteiger partial charge < -0.3 is 16.0 Å². The summed E-state index contributed by atoms with van der Waals surface area (Å²) in [7, 11) is 0. The number of rotatable bonds is 3. The van der Waals surface area contributed by atoms with Gasteiger partial charge in [0, 0.05) is 49.8 Å². The van der Waals surface area contributed by atoms with Gasteiger partial charge in [0.1, 0.15) is 11.3 Å². The third-order valence-electron chi connectivity index (χ3n) is 4.26. The molecule has 1 fully saturated rings. The van der Waals surface area contributed by atoms with Gasteiger partial charge in [0.2, 0.25) is 0 Å². The van der Waals surface area contributed by atoms with Gasteiger partial charge in [-0.25, -0.2) is 9.50 Å². The van der Waals surface area contributed by atoms with Gasteiger partial charge in [0.05, 0.1) is 0 Å². The number of primary amides is 1. The highest BCUT2D eigenvalue weighted by Gasteiger charge is 2.20. The number of carbonyl (C=O) groups excluding carboxylic acids is 1. The molecule has 1 amide bonds. The average molecular weight is 322 g/mol. The molecular weight excluding hydrogens is 304 g/mol. The van der Waals surface area contributed by atoms with E-state index in [0.717, 1.165) is 31.7 Å². The van der Waals surface area contributed by atoms with Crippen LogP contribution in [0.2, 0.25) is 0 Å². The quantitative estimate of drug-likeness (QED) is 0.748. The highest BCUT2D eigenvalue weighted by Crippen LogP contribution is 2.27. The van der Waals surface area contributed by atoms with Crippen LogP contribution in [0.5, 0.6) is 0 Å². The van der Waals surface area contributed by atoms with Crippen LogP contribution in [0.1, 0.15) is 10.4 Å². The smallest absolute Gasteiger partial charge is 0.254 e. The lowest BCUT2D eigenvalue weighted by molar-refractivity contribution is 0.100. The van der Waals surface area contributed by atoms with Crippen molar-refractivity contribution in [2.45, 2.75) is 0 Å². The van der Waals surface area contributed by atoms with E-state index in [1.807, 2.05) is 12.1 Å². The summed E-state index contributed by atoms with van der Waals surface area (Å²) < 4.78 is 1.58. The van der Waals surface area contributed by atoms with Crippen molar-refractivity contribution < 1.29 is 4.79 Å². The zero-order valence-electron chi connectivity index (χ0n) is 13.1. The summed E-state index contributed by atoms with van der Waals surface area (Å²) in [6.45, 7) is 3.96. The van der Waals surface area contributed by atoms with Crippen molar-refractivity contribution in [3.63, 3.8) is 0 Å². The van der Waals surface area contributed by atoms with Crippen LogP contribution in [0.3, 0.4) is 0 Å². The Morgan fingerprint density at radius 3 is 2.62 bits per heavy atom. The molecule has 1 aliphatic rings. The molecule has 3 aromatic rings. The van der Waals surface area contributed by atoms with Gasteiger partial charge in [-0.2, -0.15) is 5.10 Å². The van der Waals surface area contributed by atoms with E-state index in [4.69, 9.17) is 5.73 Å². The highest BCUT2D eigenvalue weighted by molar-refractivity contribution is 6.04. The number of fused-ring (bicyclic) bond motifs is 1. The van der Waals surface area contributed by atoms with Gasteiger partial charge in [0.15, 0.2) is 5.65 Å². The SMILES string of the molecule is NC(=O)c1c(-c2ccc(N3CCNCC3)cc2)nn2cccnc12. The van der Waals surface area contributed by atoms with Crippen LogP contribution < -0.4 is 16.0 Å². The molecule has 7 nitrogen and oxygen atoms in total. The molecule has 3 heterocycles. The number of nitrogens with one attached hydrogen (secondary N) is 1. The molecule has 0 atom stereocenters. The van der Waals surface area contributed by atoms with E-state index in [1.165, 1.54) is 5.69 Å². The minimum Gasteiger partial charge on any atom is -0.369 e. The van der Waals surface area contributed by atoms with Gasteiger partial charge in [-0.3, -0.25) is 4.79 Å². The Morgan fingerprint density at radius 2 is 1.92 bits per heavy atom. The normalized spacial score (nSPS) is 14.9. The molecule has 1 aliphatic heterocycles. The Labute approximate surface area is 139 Å². The maximum absolute atomic E-state index is 11.9. The molecule has 0 saturated carbocycles. The Hall–Kier alpha value is -2.93. The summed E-state index contributed by atoms with van der Waals surface area (Å²) in [5, 5.41) is 7.82. The van der Waals surface area contributed by atoms with Crippen molar-refractivity contribution in [3.05, 3.63) is 48.3 Å². The summed E-state index contributed by atoms with van der Waals surface area (Å²) >= 11 is 0. The third kappa shape index (κ3) is 2.48. The molecule has 1 saturated heterocycles. The fourth-order valence-electron chi connectivity index (χ4n) is 3.07. The maximum Gasteiger partial charge on any atom is 0.254 e. The molecule has 0 spiro atoms. The first-order chi connectivity index (χ1) is 11.7. The second kappa shape index (κ2) is 5.93. The fraction of sp³-hybridized carbons (Fsp3) is 0.235. The van der Waals surface area contributed by atoms with E-state index in [-0.39, 0.29) is 0 Å². The van der Waals surface area contributed by atoms with Crippen LogP contribution in [0, 0.1) is 0 Å². The van der Waals surface area contributed by atoms with Gasteiger partial charge in [-0.05, 0) is 18.2 Å². The van der Waals surface area contributed by atoms with Crippen LogP contribution in [-0.4, -0.2) is 46.7 Å². The summed E-state index contributed by atoms with van der Waals surface area (Å²) in [4.78, 5) is 18.5. The van der Waals surface area contributed by atoms with Crippen molar-refractivity contribution in [1.29, 1.82) is 0 Å². The van der Waals surface area contributed by atoms with Crippen molar-refractivity contribution in [2.75, 3.05) is 31.1 Å². The second-order valence-electron chi connectivity index (χ2n) is 5.76. The lowest BCUT2D eigenvalue weighted by Gasteiger charge is -2.29. The molecule has 3 N–H and O–H groups in total. The molecular formula is C17H18N6O. The maximum atomic E-state index is 11.9. The van der Waals surface area contributed by atoms with Crippen LogP contribution in [0.15, 0.2) is 42.7 Å². The first-order valence-corrected chi connectivity index (χ1v) is 7.93. The molecule has 0 aliphatic carbocycles. The van der Waals surface area contributed by atoms with Crippen molar-refractivity contribution >= 4 is 17.2 Å². The lowest BCUT2D eigenvalue weighted by atomic mass is 10.1. The average Bonchev–Trinajstić information content (AvgIpc) is 3.02. The minimum atomic E-state index is -0.523. The van der Waals surface area contributed by atoms with Crippen LogP contribution in [0.4, 0.5) is 5.69 Å². The molecule has 1 aromatic carbocycles. The Bertz CT molecular complexity index is 880. The largest absolute Gasteiger partial charge is 0.369 e. The number of hydrogen-bond donors (Lipinski definition) is 2. The number of carbonyl (C=O) groups is 1. The number of benzene rings is 1. The van der Waals surface area contributed by atoms with E-state index < -0.39 is 5.91 Å². The first kappa shape index (κ1) is 14.6. The van der Waals surface area contributed by atoms with E-state index >= 15 is 0 Å². The van der Waals surface area contributed by atoms with Gasteiger partial charge in [-0.15, -0.1) is 0 Å². The monoisotopic (exact) mass is 322 g/mol. The molecule has 0 unspecified atom stereocenters. The molecule has 7 heteroatoms. The number of piperazine rings is 1. The number of hydrogen-bond acceptors (Lipinski definition) is 5. The summed E-state index contributed by atoms with van der Waals surface area (Å²) in [6.07, 6.45) is 3.38. The number of nitrogens with two attached hydrogens (primary N) is 1. The van der Waals surface area contributed by atoms with E-state index in [0.29, 0.717) is 16.9 Å². The van der Waals surface area contributed by atoms with Gasteiger partial charge >= 0.3 is 0 Å². The topological polar surface area (TPSA) is 88.5 Å². The fourth-order valence-corrected chi connectivity index (χ4v) is 3.07. The van der Waals surface area contributed by atoms with Crippen LogP contribution in [-0.2, 0) is 0 Å². The number of aromatic nitrogens is 3. The van der Waals surface area contributed by atoms with Crippen LogP contribution in [0.25, 0.3) is 16.9 Å². The lowest BCUT2D eigenvalue weighted by Crippen LogP contribution is -2.43. The molecule has 122 valence electrons. The van der Waals surface area contributed by atoms with E-state index in [1.54, 1.807) is 23.0 Å². The molecule has 0 radical (unpaired) electrons. The van der Waals surface area contributed by atoms with E-state index in [9.17, 15) is 4.79 Å². The Morgan fingerprint density at radius 1 is 1.17 bits per heavy atom. The molecule has 0 bridgehead atoms. The number of amides is 1. The Kier molecular flexibility index (Phi) is 3.62. The van der Waals surface area contributed by atoms with Crippen molar-refractivity contribution in [3.8, 4) is 11.3 Å². The zero-order chi connectivity index (χ0) is 16.5. The third-order valence-corrected chi connectivity index (χ3v) is 4.26. The summed E-state index contributed by atoms with van der Waals surface area (Å²) in [5.74, 6) is -0.523. The van der Waals surface area contributed by atoms with E-state index in [2.05, 4.69) is 32.4 Å². The molecule has 4 rings (SSSR count). The zero-order valence-corrected chi connectivity index (χ0v) is 13.1. The number of nitrogens with zero attached hydrogens (tertiary/aromatic N) is 4. The summed E-state index contributed by atoms with van der Waals surface area (Å²) in [5.41, 5.74) is 8.98. The predicted molar refractivity (Wildman–Crippen MR) is 92.0 cm³/mol. The minimum absolute atomic E-state index is 0.352. The van der Waals surface area contributed by atoms with Crippen molar-refractivity contribution in [1.82, 2.24) is 19.9 Å². The van der Waals surface area contributed by atoms with Crippen molar-refractivity contribution in [2.24, 2.45) is 5.73 Å². The predicted octanol–water partition coefficient (Wildman–Crippen LogP) is 0.905. The van der Waals surface area contributed by atoms with Crippen LogP contribution >= 0.6 is 0 Å².